The number of aromatic nitrogens is 3. The highest BCUT2D eigenvalue weighted by Crippen LogP contribution is 2.31. The molecule has 1 aromatic carbocycles. The van der Waals surface area contributed by atoms with Gasteiger partial charge in [0.2, 0.25) is 0 Å². The van der Waals surface area contributed by atoms with E-state index in [2.05, 4.69) is 20.7 Å². The van der Waals surface area contributed by atoms with Crippen LogP contribution in [-0.4, -0.2) is 26.6 Å². The third-order valence-corrected chi connectivity index (χ3v) is 5.68. The summed E-state index contributed by atoms with van der Waals surface area (Å²) in [6.45, 7) is 1.64. The Morgan fingerprint density at radius 1 is 1.28 bits per heavy atom. The molecule has 0 spiro atoms. The second-order valence-corrected chi connectivity index (χ2v) is 7.95. The molecule has 4 N–H and O–H groups in total. The van der Waals surface area contributed by atoms with E-state index in [4.69, 9.17) is 5.73 Å². The fourth-order valence-electron chi connectivity index (χ4n) is 3.00. The Kier molecular flexibility index (Phi) is 5.01. The molecule has 2 heterocycles. The second-order valence-electron chi connectivity index (χ2n) is 6.88. The van der Waals surface area contributed by atoms with Gasteiger partial charge in [-0.05, 0) is 43.9 Å². The van der Waals surface area contributed by atoms with Gasteiger partial charge in [0.25, 0.3) is 11.8 Å². The minimum Gasteiger partial charge on any atom is -0.375 e. The maximum absolute atomic E-state index is 14.4. The SMILES string of the molecule is Cc1cc(F)c(C(=O)Nc2ccn(C3CCC3)n2)cc1NC(=O)c1cnc(N)s1. The molecule has 3 aromatic rings. The van der Waals surface area contributed by atoms with E-state index in [-0.39, 0.29) is 10.7 Å². The number of carbonyl (C=O) groups excluding carboxylic acids is 2. The summed E-state index contributed by atoms with van der Waals surface area (Å²) in [6.07, 6.45) is 6.47. The highest BCUT2D eigenvalue weighted by molar-refractivity contribution is 7.17. The molecule has 1 fully saturated rings. The Balaban J connectivity index is 1.52. The summed E-state index contributed by atoms with van der Waals surface area (Å²) in [4.78, 5) is 29.1. The zero-order valence-corrected chi connectivity index (χ0v) is 16.4. The number of aryl methyl sites for hydroxylation is 1. The summed E-state index contributed by atoms with van der Waals surface area (Å²) in [5.41, 5.74) is 6.17. The van der Waals surface area contributed by atoms with Crippen molar-refractivity contribution in [3.05, 3.63) is 52.4 Å². The van der Waals surface area contributed by atoms with Gasteiger partial charge in [-0.2, -0.15) is 5.10 Å². The number of thiazole rings is 1. The zero-order valence-electron chi connectivity index (χ0n) is 15.6. The van der Waals surface area contributed by atoms with E-state index in [0.29, 0.717) is 28.0 Å². The molecule has 10 heteroatoms. The van der Waals surface area contributed by atoms with Crippen molar-refractivity contribution in [3.8, 4) is 0 Å². The van der Waals surface area contributed by atoms with Gasteiger partial charge >= 0.3 is 0 Å². The summed E-state index contributed by atoms with van der Waals surface area (Å²) < 4.78 is 16.2. The van der Waals surface area contributed by atoms with E-state index in [1.54, 1.807) is 19.2 Å². The molecule has 0 atom stereocenters. The van der Waals surface area contributed by atoms with Gasteiger partial charge in [0.1, 0.15) is 10.7 Å². The van der Waals surface area contributed by atoms with Crippen molar-refractivity contribution < 1.29 is 14.0 Å². The zero-order chi connectivity index (χ0) is 20.5. The van der Waals surface area contributed by atoms with Gasteiger partial charge in [-0.1, -0.05) is 11.3 Å². The van der Waals surface area contributed by atoms with Gasteiger partial charge in [0.05, 0.1) is 17.8 Å². The van der Waals surface area contributed by atoms with E-state index in [1.807, 2.05) is 4.68 Å². The third-order valence-electron chi connectivity index (χ3n) is 4.85. The number of hydrogen-bond donors (Lipinski definition) is 3. The quantitative estimate of drug-likeness (QED) is 0.590. The number of hydrogen-bond acceptors (Lipinski definition) is 6. The number of carbonyl (C=O) groups is 2. The van der Waals surface area contributed by atoms with Gasteiger partial charge in [-0.3, -0.25) is 14.3 Å². The minimum atomic E-state index is -0.682. The predicted octanol–water partition coefficient (Wildman–Crippen LogP) is 3.60. The predicted molar refractivity (Wildman–Crippen MR) is 109 cm³/mol. The number of nitrogens with one attached hydrogen (secondary N) is 2. The van der Waals surface area contributed by atoms with Gasteiger partial charge < -0.3 is 16.4 Å². The number of anilines is 3. The molecule has 8 nitrogen and oxygen atoms in total. The maximum atomic E-state index is 14.4. The molecule has 0 radical (unpaired) electrons. The molecule has 4 rings (SSSR count). The lowest BCUT2D eigenvalue weighted by molar-refractivity contribution is 0.101. The van der Waals surface area contributed by atoms with Crippen LogP contribution < -0.4 is 16.4 Å². The smallest absolute Gasteiger partial charge is 0.267 e. The van der Waals surface area contributed by atoms with E-state index in [9.17, 15) is 14.0 Å². The van der Waals surface area contributed by atoms with E-state index in [0.717, 1.165) is 24.2 Å². The lowest BCUT2D eigenvalue weighted by atomic mass is 9.93. The Morgan fingerprint density at radius 2 is 2.07 bits per heavy atom. The maximum Gasteiger partial charge on any atom is 0.267 e. The summed E-state index contributed by atoms with van der Waals surface area (Å²) in [7, 11) is 0. The molecule has 0 saturated heterocycles. The molecule has 150 valence electrons. The van der Waals surface area contributed by atoms with Crippen molar-refractivity contribution in [2.75, 3.05) is 16.4 Å². The molecular formula is C19H19FN6O2S. The largest absolute Gasteiger partial charge is 0.375 e. The monoisotopic (exact) mass is 414 g/mol. The van der Waals surface area contributed by atoms with Crippen molar-refractivity contribution in [2.24, 2.45) is 0 Å². The van der Waals surface area contributed by atoms with Gasteiger partial charge in [-0.25, -0.2) is 9.37 Å². The van der Waals surface area contributed by atoms with Crippen LogP contribution in [0.5, 0.6) is 0 Å². The van der Waals surface area contributed by atoms with Crippen molar-refractivity contribution >= 4 is 39.8 Å². The third kappa shape index (κ3) is 3.97. The van der Waals surface area contributed by atoms with Crippen LogP contribution in [0.15, 0.2) is 30.6 Å². The lowest BCUT2D eigenvalue weighted by Crippen LogP contribution is -2.19. The van der Waals surface area contributed by atoms with Crippen molar-refractivity contribution in [1.82, 2.24) is 14.8 Å². The molecule has 0 aliphatic heterocycles. The highest BCUT2D eigenvalue weighted by Gasteiger charge is 2.21. The van der Waals surface area contributed by atoms with Crippen LogP contribution in [0.1, 0.15) is 50.9 Å². The topological polar surface area (TPSA) is 115 Å². The minimum absolute atomic E-state index is 0.187. The standard InChI is InChI=1S/C19H19FN6O2S/c1-10-7-13(20)12(8-14(10)23-18(28)15-9-22-19(21)29-15)17(27)24-16-5-6-26(25-16)11-3-2-4-11/h5-9,11H,2-4H2,1H3,(H2,21,22)(H,23,28)(H,24,25,27). The molecule has 0 bridgehead atoms. The molecule has 29 heavy (non-hydrogen) atoms. The van der Waals surface area contributed by atoms with Crippen molar-refractivity contribution in [3.63, 3.8) is 0 Å². The summed E-state index contributed by atoms with van der Waals surface area (Å²) in [6, 6.07) is 4.56. The number of rotatable bonds is 5. The molecule has 1 saturated carbocycles. The number of nitrogens with zero attached hydrogens (tertiary/aromatic N) is 3. The average Bonchev–Trinajstić information content (AvgIpc) is 3.25. The fourth-order valence-corrected chi connectivity index (χ4v) is 3.58. The second kappa shape index (κ2) is 7.63. The molecular weight excluding hydrogens is 395 g/mol. The number of nitrogen functional groups attached to an aromatic ring is 1. The van der Waals surface area contributed by atoms with Crippen LogP contribution >= 0.6 is 11.3 Å². The summed E-state index contributed by atoms with van der Waals surface area (Å²) in [5, 5.41) is 9.88. The van der Waals surface area contributed by atoms with E-state index >= 15 is 0 Å². The van der Waals surface area contributed by atoms with Gasteiger partial charge in [0, 0.05) is 18.0 Å². The average molecular weight is 414 g/mol. The Hall–Kier alpha value is -3.27. The molecule has 1 aliphatic rings. The van der Waals surface area contributed by atoms with E-state index < -0.39 is 17.6 Å². The summed E-state index contributed by atoms with van der Waals surface area (Å²) in [5.74, 6) is -1.40. The first-order chi connectivity index (χ1) is 13.9. The van der Waals surface area contributed by atoms with Crippen LogP contribution in [0, 0.1) is 12.7 Å². The number of amides is 2. The van der Waals surface area contributed by atoms with Crippen molar-refractivity contribution in [1.29, 1.82) is 0 Å². The Labute approximate surface area is 169 Å². The fraction of sp³-hybridized carbons (Fsp3) is 0.263. The first-order valence-corrected chi connectivity index (χ1v) is 9.91. The Morgan fingerprint density at radius 3 is 2.72 bits per heavy atom. The first-order valence-electron chi connectivity index (χ1n) is 9.10. The van der Waals surface area contributed by atoms with Gasteiger partial charge in [-0.15, -0.1) is 0 Å². The van der Waals surface area contributed by atoms with E-state index in [1.165, 1.54) is 24.8 Å². The molecule has 2 aromatic heterocycles. The first kappa shape index (κ1) is 19.1. The molecule has 1 aliphatic carbocycles. The molecule has 0 unspecified atom stereocenters. The van der Waals surface area contributed by atoms with Crippen LogP contribution in [0.2, 0.25) is 0 Å². The normalized spacial score (nSPS) is 13.7. The van der Waals surface area contributed by atoms with Gasteiger partial charge in [0.15, 0.2) is 10.9 Å². The van der Waals surface area contributed by atoms with Crippen LogP contribution in [-0.2, 0) is 0 Å². The number of halogens is 1. The summed E-state index contributed by atoms with van der Waals surface area (Å²) >= 11 is 1.04. The molecule has 2 amide bonds. The number of benzene rings is 1. The van der Waals surface area contributed by atoms with Crippen molar-refractivity contribution in [2.45, 2.75) is 32.2 Å². The van der Waals surface area contributed by atoms with Crippen LogP contribution in [0.25, 0.3) is 0 Å². The van der Waals surface area contributed by atoms with Crippen LogP contribution in [0.3, 0.4) is 0 Å². The lowest BCUT2D eigenvalue weighted by Gasteiger charge is -2.25. The van der Waals surface area contributed by atoms with Crippen LogP contribution in [0.4, 0.5) is 21.0 Å². The Bertz CT molecular complexity index is 1090. The highest BCUT2D eigenvalue weighted by atomic mass is 32.1. The number of nitrogens with two attached hydrogens (primary N) is 1.